The van der Waals surface area contributed by atoms with Gasteiger partial charge in [-0.25, -0.2) is 0 Å². The van der Waals surface area contributed by atoms with Crippen molar-refractivity contribution in [1.29, 1.82) is 0 Å². The Morgan fingerprint density at radius 1 is 1.03 bits per heavy atom. The summed E-state index contributed by atoms with van der Waals surface area (Å²) in [5, 5.41) is 11.0. The second-order valence-electron chi connectivity index (χ2n) is 9.12. The molecule has 0 unspecified atom stereocenters. The average Bonchev–Trinajstić information content (AvgIpc) is 2.69. The van der Waals surface area contributed by atoms with E-state index in [0.717, 1.165) is 23.1 Å². The number of quaternary nitrogens is 1. The Labute approximate surface area is 196 Å². The van der Waals surface area contributed by atoms with E-state index in [2.05, 4.69) is 27.1 Å². The van der Waals surface area contributed by atoms with Gasteiger partial charge in [0.25, 0.3) is 0 Å². The summed E-state index contributed by atoms with van der Waals surface area (Å²) in [7, 11) is 6.12. The van der Waals surface area contributed by atoms with Gasteiger partial charge in [-0.1, -0.05) is 58.3 Å². The summed E-state index contributed by atoms with van der Waals surface area (Å²) in [6.45, 7) is 5.82. The Morgan fingerprint density at radius 2 is 1.58 bits per heavy atom. The molecule has 0 aliphatic heterocycles. The fourth-order valence-corrected chi connectivity index (χ4v) is 3.87. The summed E-state index contributed by atoms with van der Waals surface area (Å²) in [5.74, 6) is 0.667. The number of nitro groups is 1. The molecule has 0 bridgehead atoms. The molecule has 1 aromatic carbocycles. The Morgan fingerprint density at radius 3 is 2.10 bits per heavy atom. The fraction of sp³-hybridized carbons (Fsp3) is 0.680. The molecule has 0 aliphatic rings. The van der Waals surface area contributed by atoms with Crippen LogP contribution in [0.1, 0.15) is 89.2 Å². The van der Waals surface area contributed by atoms with Gasteiger partial charge in [-0.05, 0) is 31.0 Å². The minimum atomic E-state index is -0.364. The Kier molecular flexibility index (Phi) is 15.3. The summed E-state index contributed by atoms with van der Waals surface area (Å²) in [6, 6.07) is 6.00. The molecule has 1 rings (SSSR count). The molecule has 0 aromatic heterocycles. The molecular weight excluding hydrogens is 412 g/mol. The Hall–Kier alpha value is -1.59. The lowest BCUT2D eigenvalue weighted by molar-refractivity contribution is -0.903. The van der Waals surface area contributed by atoms with E-state index >= 15 is 0 Å². The van der Waals surface area contributed by atoms with Crippen LogP contribution in [-0.2, 0) is 6.54 Å². The van der Waals surface area contributed by atoms with Gasteiger partial charge in [0.1, 0.15) is 12.3 Å². The summed E-state index contributed by atoms with van der Waals surface area (Å²) in [4.78, 5) is 10.6. The van der Waals surface area contributed by atoms with Crippen molar-refractivity contribution < 1.29 is 26.6 Å². The van der Waals surface area contributed by atoms with Crippen LogP contribution >= 0.6 is 0 Å². The number of halogens is 1. The summed E-state index contributed by atoms with van der Waals surface area (Å²) >= 11 is 0. The largest absolute Gasteiger partial charge is 1.00 e. The normalized spacial score (nSPS) is 11.8. The maximum absolute atomic E-state index is 11.0. The molecule has 0 aliphatic carbocycles. The number of rotatable bonds is 16. The lowest BCUT2D eigenvalue weighted by atomic mass is 10.1. The predicted octanol–water partition coefficient (Wildman–Crippen LogP) is 3.83. The van der Waals surface area contributed by atoms with E-state index in [4.69, 9.17) is 4.74 Å². The number of nitrogens with zero attached hydrogens (tertiary/aromatic N) is 2. The van der Waals surface area contributed by atoms with Crippen molar-refractivity contribution in [2.45, 2.75) is 84.6 Å². The highest BCUT2D eigenvalue weighted by atomic mass is 35.5. The van der Waals surface area contributed by atoms with Gasteiger partial charge in [0.05, 0.1) is 32.7 Å². The zero-order valence-electron chi connectivity index (χ0n) is 20.3. The second-order valence-corrected chi connectivity index (χ2v) is 9.12. The topological polar surface area (TPSA) is 52.4 Å². The molecule has 0 radical (unpaired) electrons. The van der Waals surface area contributed by atoms with Crippen LogP contribution in [0.4, 0.5) is 0 Å². The van der Waals surface area contributed by atoms with E-state index in [9.17, 15) is 10.1 Å². The van der Waals surface area contributed by atoms with E-state index in [0.29, 0.717) is 5.75 Å². The monoisotopic (exact) mass is 454 g/mol. The van der Waals surface area contributed by atoms with Crippen LogP contribution in [0.2, 0.25) is 0 Å². The maximum Gasteiger partial charge on any atom is 0.243 e. The number of methoxy groups -OCH3 is 1. The van der Waals surface area contributed by atoms with Gasteiger partial charge in [0.15, 0.2) is 0 Å². The van der Waals surface area contributed by atoms with Crippen LogP contribution in [0.5, 0.6) is 5.75 Å². The van der Waals surface area contributed by atoms with Gasteiger partial charge >= 0.3 is 0 Å². The number of benzene rings is 1. The molecule has 0 saturated carbocycles. The molecule has 0 saturated heterocycles. The minimum absolute atomic E-state index is 0. The molecule has 31 heavy (non-hydrogen) atoms. The van der Waals surface area contributed by atoms with Crippen molar-refractivity contribution in [3.63, 3.8) is 0 Å². The molecule has 0 N–H and O–H groups in total. The van der Waals surface area contributed by atoms with E-state index in [1.807, 2.05) is 12.1 Å². The van der Waals surface area contributed by atoms with Crippen LogP contribution in [0.25, 0.3) is 6.08 Å². The van der Waals surface area contributed by atoms with Crippen LogP contribution in [0.3, 0.4) is 0 Å². The lowest BCUT2D eigenvalue weighted by Gasteiger charge is -2.30. The lowest BCUT2D eigenvalue weighted by Crippen LogP contribution is -3.00. The average molecular weight is 455 g/mol. The summed E-state index contributed by atoms with van der Waals surface area (Å²) in [6.07, 6.45) is 15.1. The predicted molar refractivity (Wildman–Crippen MR) is 126 cm³/mol. The number of unbranched alkanes of at least 4 members (excludes halogenated alkanes) is 9. The summed E-state index contributed by atoms with van der Waals surface area (Å²) in [5.41, 5.74) is 2.06. The zero-order chi connectivity index (χ0) is 22.4. The molecular formula is C25H43ClN2O3. The number of allylic oxidation sites excluding steroid dienone is 1. The Balaban J connectivity index is 0.00000900. The van der Waals surface area contributed by atoms with E-state index in [1.54, 1.807) is 13.2 Å². The highest BCUT2D eigenvalue weighted by molar-refractivity contribution is 5.59. The SMILES string of the molecule is CCCCCCCCCCCC[N+](C)(C)Cc1ccc(OC)c(/C=C(\C)[N+](=O)[O-])c1.[Cl-]. The fourth-order valence-electron chi connectivity index (χ4n) is 3.87. The van der Waals surface area contributed by atoms with Gasteiger partial charge in [0, 0.05) is 24.1 Å². The first-order valence-electron chi connectivity index (χ1n) is 11.6. The smallest absolute Gasteiger partial charge is 0.243 e. The van der Waals surface area contributed by atoms with Crippen molar-refractivity contribution in [3.05, 3.63) is 45.1 Å². The molecule has 0 fully saturated rings. The van der Waals surface area contributed by atoms with Gasteiger partial charge in [-0.15, -0.1) is 0 Å². The summed E-state index contributed by atoms with van der Waals surface area (Å²) < 4.78 is 6.30. The van der Waals surface area contributed by atoms with Crippen LogP contribution in [0, 0.1) is 10.1 Å². The van der Waals surface area contributed by atoms with Crippen molar-refractivity contribution in [2.75, 3.05) is 27.7 Å². The standard InChI is InChI=1S/C25H43N2O3.ClH/c1-6-7-8-9-10-11-12-13-14-15-18-27(3,4)21-23-16-17-25(30-5)24(20-23)19-22(2)26(28)29;/h16-17,19-20H,6-15,18,21H2,1-5H3;1H/q+1;/p-1/b22-19+;. The van der Waals surface area contributed by atoms with Gasteiger partial charge in [0.2, 0.25) is 5.70 Å². The second kappa shape index (κ2) is 16.1. The van der Waals surface area contributed by atoms with Crippen LogP contribution < -0.4 is 17.1 Å². The molecule has 6 heteroatoms. The van der Waals surface area contributed by atoms with E-state index in [-0.39, 0.29) is 23.0 Å². The van der Waals surface area contributed by atoms with Crippen LogP contribution in [0.15, 0.2) is 23.9 Å². The zero-order valence-corrected chi connectivity index (χ0v) is 21.0. The molecule has 0 atom stereocenters. The van der Waals surface area contributed by atoms with Gasteiger partial charge in [-0.3, -0.25) is 10.1 Å². The minimum Gasteiger partial charge on any atom is -1.00 e. The first-order chi connectivity index (χ1) is 14.3. The third-order valence-corrected chi connectivity index (χ3v) is 5.67. The molecule has 1 aromatic rings. The van der Waals surface area contributed by atoms with Crippen molar-refractivity contribution in [1.82, 2.24) is 0 Å². The number of hydrogen-bond donors (Lipinski definition) is 0. The molecule has 178 valence electrons. The molecule has 0 heterocycles. The number of hydrogen-bond acceptors (Lipinski definition) is 3. The quantitative estimate of drug-likeness (QED) is 0.165. The van der Waals surface area contributed by atoms with Crippen molar-refractivity contribution >= 4 is 6.08 Å². The van der Waals surface area contributed by atoms with Gasteiger partial charge in [-0.2, -0.15) is 0 Å². The first kappa shape index (κ1) is 29.4. The van der Waals surface area contributed by atoms with Gasteiger partial charge < -0.3 is 21.6 Å². The van der Waals surface area contributed by atoms with E-state index in [1.165, 1.54) is 76.7 Å². The van der Waals surface area contributed by atoms with E-state index < -0.39 is 0 Å². The first-order valence-corrected chi connectivity index (χ1v) is 11.6. The van der Waals surface area contributed by atoms with Crippen molar-refractivity contribution in [2.24, 2.45) is 0 Å². The Bertz CT molecular complexity index is 675. The third kappa shape index (κ3) is 12.8. The molecule has 0 amide bonds. The highest BCUT2D eigenvalue weighted by Crippen LogP contribution is 2.24. The molecule has 0 spiro atoms. The highest BCUT2D eigenvalue weighted by Gasteiger charge is 2.17. The van der Waals surface area contributed by atoms with Crippen LogP contribution in [-0.4, -0.2) is 37.2 Å². The number of ether oxygens (including phenoxy) is 1. The van der Waals surface area contributed by atoms with Crippen molar-refractivity contribution in [3.8, 4) is 5.75 Å². The maximum atomic E-state index is 11.0. The molecule has 5 nitrogen and oxygen atoms in total. The third-order valence-electron chi connectivity index (χ3n) is 5.67.